The Bertz CT molecular complexity index is 570. The van der Waals surface area contributed by atoms with E-state index in [1.807, 2.05) is 13.2 Å². The molecular formula is C11H13N3O3S. The standard InChI is InChI=1S/C11H13N3O3S/c1-7(6-18-2)12-11-13-9-4-3-8(14(15)16)5-10(9)17-11/h3-5,7H,6H2,1-2H3,(H,12,13). The number of rotatable bonds is 5. The Hall–Kier alpha value is -1.76. The van der Waals surface area contributed by atoms with Gasteiger partial charge in [-0.15, -0.1) is 0 Å². The van der Waals surface area contributed by atoms with E-state index in [0.717, 1.165) is 5.75 Å². The van der Waals surface area contributed by atoms with Crippen molar-refractivity contribution in [1.82, 2.24) is 4.98 Å². The Kier molecular flexibility index (Phi) is 3.71. The third-order valence-corrected chi connectivity index (χ3v) is 3.20. The number of nitrogens with one attached hydrogen (secondary N) is 1. The van der Waals surface area contributed by atoms with E-state index in [0.29, 0.717) is 17.1 Å². The van der Waals surface area contributed by atoms with E-state index in [1.165, 1.54) is 12.1 Å². The van der Waals surface area contributed by atoms with E-state index in [2.05, 4.69) is 10.3 Å². The third-order valence-electron chi connectivity index (χ3n) is 2.37. The summed E-state index contributed by atoms with van der Waals surface area (Å²) in [6.45, 7) is 2.02. The number of hydrogen-bond donors (Lipinski definition) is 1. The maximum absolute atomic E-state index is 10.6. The first-order valence-corrected chi connectivity index (χ1v) is 6.80. The lowest BCUT2D eigenvalue weighted by Gasteiger charge is -2.09. The number of nitrogens with zero attached hydrogens (tertiary/aromatic N) is 2. The van der Waals surface area contributed by atoms with Crippen molar-refractivity contribution in [2.24, 2.45) is 0 Å². The zero-order valence-electron chi connectivity index (χ0n) is 10.0. The zero-order chi connectivity index (χ0) is 13.1. The van der Waals surface area contributed by atoms with Gasteiger partial charge in [0.1, 0.15) is 5.52 Å². The number of fused-ring (bicyclic) bond motifs is 1. The van der Waals surface area contributed by atoms with Crippen LogP contribution in [0.25, 0.3) is 11.1 Å². The first-order valence-electron chi connectivity index (χ1n) is 5.40. The highest BCUT2D eigenvalue weighted by Gasteiger charge is 2.12. The minimum absolute atomic E-state index is 0.00219. The van der Waals surface area contributed by atoms with E-state index < -0.39 is 4.92 Å². The topological polar surface area (TPSA) is 81.2 Å². The molecule has 0 aliphatic rings. The molecule has 2 rings (SSSR count). The Morgan fingerprint density at radius 1 is 1.61 bits per heavy atom. The fraction of sp³-hybridized carbons (Fsp3) is 0.364. The molecule has 1 unspecified atom stereocenters. The molecule has 18 heavy (non-hydrogen) atoms. The van der Waals surface area contributed by atoms with Crippen molar-refractivity contribution in [2.45, 2.75) is 13.0 Å². The second-order valence-corrected chi connectivity index (χ2v) is 4.84. The van der Waals surface area contributed by atoms with Crippen molar-refractivity contribution in [2.75, 3.05) is 17.3 Å². The predicted octanol–water partition coefficient (Wildman–Crippen LogP) is 2.90. The molecule has 1 atom stereocenters. The molecule has 0 saturated heterocycles. The summed E-state index contributed by atoms with van der Waals surface area (Å²) >= 11 is 1.72. The van der Waals surface area contributed by atoms with E-state index in [9.17, 15) is 10.1 Å². The monoisotopic (exact) mass is 267 g/mol. The van der Waals surface area contributed by atoms with Crippen molar-refractivity contribution >= 4 is 34.6 Å². The number of non-ortho nitro benzene ring substituents is 1. The molecule has 2 aromatic rings. The van der Waals surface area contributed by atoms with E-state index >= 15 is 0 Å². The van der Waals surface area contributed by atoms with Crippen molar-refractivity contribution < 1.29 is 9.34 Å². The molecule has 1 aromatic heterocycles. The van der Waals surface area contributed by atoms with Gasteiger partial charge in [-0.2, -0.15) is 16.7 Å². The third kappa shape index (κ3) is 2.73. The number of nitro benzene ring substituents is 1. The predicted molar refractivity (Wildman–Crippen MR) is 72.1 cm³/mol. The molecule has 96 valence electrons. The number of aromatic nitrogens is 1. The average Bonchev–Trinajstić information content (AvgIpc) is 2.69. The second kappa shape index (κ2) is 5.26. The molecule has 0 spiro atoms. The fourth-order valence-corrected chi connectivity index (χ4v) is 2.17. The van der Waals surface area contributed by atoms with Gasteiger partial charge in [-0.05, 0) is 19.2 Å². The minimum Gasteiger partial charge on any atom is -0.423 e. The number of anilines is 1. The first-order chi connectivity index (χ1) is 8.60. The lowest BCUT2D eigenvalue weighted by atomic mass is 10.3. The van der Waals surface area contributed by atoms with Crippen LogP contribution in [0.5, 0.6) is 0 Å². The molecule has 0 bridgehead atoms. The largest absolute Gasteiger partial charge is 0.423 e. The molecule has 7 heteroatoms. The highest BCUT2D eigenvalue weighted by molar-refractivity contribution is 7.98. The van der Waals surface area contributed by atoms with E-state index in [-0.39, 0.29) is 11.7 Å². The summed E-state index contributed by atoms with van der Waals surface area (Å²) in [7, 11) is 0. The molecule has 0 radical (unpaired) electrons. The number of hydrogen-bond acceptors (Lipinski definition) is 6. The summed E-state index contributed by atoms with van der Waals surface area (Å²) in [5.41, 5.74) is 1.03. The molecule has 1 heterocycles. The molecule has 0 aliphatic carbocycles. The smallest absolute Gasteiger partial charge is 0.295 e. The van der Waals surface area contributed by atoms with Crippen LogP contribution in [0.3, 0.4) is 0 Å². The Labute approximate surface area is 108 Å². The number of thioether (sulfide) groups is 1. The molecule has 0 fully saturated rings. The van der Waals surface area contributed by atoms with Gasteiger partial charge in [0.2, 0.25) is 0 Å². The number of nitro groups is 1. The van der Waals surface area contributed by atoms with Gasteiger partial charge in [-0.25, -0.2) is 0 Å². The highest BCUT2D eigenvalue weighted by Crippen LogP contribution is 2.24. The van der Waals surface area contributed by atoms with Gasteiger partial charge in [-0.3, -0.25) is 10.1 Å². The molecule has 0 aliphatic heterocycles. The minimum atomic E-state index is -0.453. The van der Waals surface area contributed by atoms with Gasteiger partial charge < -0.3 is 9.73 Å². The SMILES string of the molecule is CSCC(C)Nc1nc2ccc([N+](=O)[O-])cc2o1. The van der Waals surface area contributed by atoms with Crippen molar-refractivity contribution in [3.05, 3.63) is 28.3 Å². The molecule has 1 N–H and O–H groups in total. The van der Waals surface area contributed by atoms with Crippen LogP contribution in [0.15, 0.2) is 22.6 Å². The van der Waals surface area contributed by atoms with Gasteiger partial charge >= 0.3 is 0 Å². The Morgan fingerprint density at radius 3 is 3.06 bits per heavy atom. The Morgan fingerprint density at radius 2 is 2.39 bits per heavy atom. The van der Waals surface area contributed by atoms with Gasteiger partial charge in [0.15, 0.2) is 5.58 Å². The van der Waals surface area contributed by atoms with Gasteiger partial charge in [0.05, 0.1) is 11.0 Å². The second-order valence-electron chi connectivity index (χ2n) is 3.93. The van der Waals surface area contributed by atoms with Crippen LogP contribution >= 0.6 is 11.8 Å². The molecule has 1 aromatic carbocycles. The Balaban J connectivity index is 2.24. The summed E-state index contributed by atoms with van der Waals surface area (Å²) in [5, 5.41) is 13.8. The van der Waals surface area contributed by atoms with Crippen LogP contribution in [-0.4, -0.2) is 28.0 Å². The summed E-state index contributed by atoms with van der Waals surface area (Å²) in [6.07, 6.45) is 2.02. The molecular weight excluding hydrogens is 254 g/mol. The van der Waals surface area contributed by atoms with Crippen molar-refractivity contribution in [1.29, 1.82) is 0 Å². The normalized spacial score (nSPS) is 12.6. The van der Waals surface area contributed by atoms with Crippen LogP contribution < -0.4 is 5.32 Å². The molecule has 0 amide bonds. The average molecular weight is 267 g/mol. The van der Waals surface area contributed by atoms with E-state index in [1.54, 1.807) is 17.8 Å². The highest BCUT2D eigenvalue weighted by atomic mass is 32.2. The lowest BCUT2D eigenvalue weighted by Crippen LogP contribution is -2.17. The van der Waals surface area contributed by atoms with Crippen molar-refractivity contribution in [3.8, 4) is 0 Å². The van der Waals surface area contributed by atoms with Crippen LogP contribution in [0.2, 0.25) is 0 Å². The molecule has 0 saturated carbocycles. The van der Waals surface area contributed by atoms with Crippen LogP contribution in [0.4, 0.5) is 11.7 Å². The van der Waals surface area contributed by atoms with Crippen LogP contribution in [0.1, 0.15) is 6.92 Å². The molecule has 6 nitrogen and oxygen atoms in total. The van der Waals surface area contributed by atoms with E-state index in [4.69, 9.17) is 4.42 Å². The van der Waals surface area contributed by atoms with Gasteiger partial charge in [-0.1, -0.05) is 0 Å². The van der Waals surface area contributed by atoms with Crippen LogP contribution in [0, 0.1) is 10.1 Å². The summed E-state index contributed by atoms with van der Waals surface area (Å²) in [6, 6.07) is 5.00. The summed E-state index contributed by atoms with van der Waals surface area (Å²) < 4.78 is 5.44. The van der Waals surface area contributed by atoms with Gasteiger partial charge in [0.25, 0.3) is 11.7 Å². The number of oxazole rings is 1. The maximum Gasteiger partial charge on any atom is 0.295 e. The van der Waals surface area contributed by atoms with Crippen molar-refractivity contribution in [3.63, 3.8) is 0 Å². The van der Waals surface area contributed by atoms with Gasteiger partial charge in [0, 0.05) is 17.9 Å². The maximum atomic E-state index is 10.6. The zero-order valence-corrected chi connectivity index (χ0v) is 10.9. The first kappa shape index (κ1) is 12.7. The summed E-state index contributed by atoms with van der Waals surface area (Å²) in [5.74, 6) is 0.929. The fourth-order valence-electron chi connectivity index (χ4n) is 1.59. The quantitative estimate of drug-likeness (QED) is 0.662. The lowest BCUT2D eigenvalue weighted by molar-refractivity contribution is -0.384. The number of benzene rings is 1. The summed E-state index contributed by atoms with van der Waals surface area (Å²) in [4.78, 5) is 14.4. The van der Waals surface area contributed by atoms with Crippen LogP contribution in [-0.2, 0) is 0 Å².